The summed E-state index contributed by atoms with van der Waals surface area (Å²) in [6.45, 7) is 0.764. The Balaban J connectivity index is 2.22. The van der Waals surface area contributed by atoms with Crippen molar-refractivity contribution in [2.75, 3.05) is 6.54 Å². The monoisotopic (exact) mass is 251 g/mol. The van der Waals surface area contributed by atoms with Crippen LogP contribution in [0.25, 0.3) is 5.57 Å². The summed E-state index contributed by atoms with van der Waals surface area (Å²) in [4.78, 5) is 2.28. The molecule has 2 N–H and O–H groups in total. The molecule has 0 radical (unpaired) electrons. The summed E-state index contributed by atoms with van der Waals surface area (Å²) >= 11 is -0.361. The maximum atomic E-state index is 5.65. The van der Waals surface area contributed by atoms with Crippen LogP contribution in [0.15, 0.2) is 29.1 Å². The van der Waals surface area contributed by atoms with Crippen molar-refractivity contribution >= 4 is 21.7 Å². The van der Waals surface area contributed by atoms with Gasteiger partial charge in [0.1, 0.15) is 0 Å². The van der Waals surface area contributed by atoms with E-state index in [0.29, 0.717) is 0 Å². The molecular weight excluding hydrogens is 237 g/mol. The summed E-state index contributed by atoms with van der Waals surface area (Å²) in [5.74, 6) is 1.06. The topological polar surface area (TPSA) is 35.2 Å². The van der Waals surface area contributed by atoms with E-state index in [0.717, 1.165) is 25.1 Å². The molecule has 0 saturated carbocycles. The van der Waals surface area contributed by atoms with Gasteiger partial charge < -0.3 is 0 Å². The van der Waals surface area contributed by atoms with Crippen LogP contribution in [0.2, 0.25) is 0 Å². The third-order valence-electron chi connectivity index (χ3n) is 2.29. The molecule has 0 amide bonds. The second-order valence-electron chi connectivity index (χ2n) is 3.28. The summed E-state index contributed by atoms with van der Waals surface area (Å²) in [5.41, 5.74) is 8.21. The molecule has 14 heavy (non-hydrogen) atoms. The molecule has 0 aromatic heterocycles. The van der Waals surface area contributed by atoms with Crippen molar-refractivity contribution in [3.63, 3.8) is 0 Å². The van der Waals surface area contributed by atoms with Gasteiger partial charge in [-0.15, -0.1) is 0 Å². The summed E-state index contributed by atoms with van der Waals surface area (Å²) in [5, 5.41) is 0. The summed E-state index contributed by atoms with van der Waals surface area (Å²) in [6, 6.07) is 8.26. The van der Waals surface area contributed by atoms with Crippen LogP contribution in [0.3, 0.4) is 0 Å². The van der Waals surface area contributed by atoms with Gasteiger partial charge in [0.05, 0.1) is 0 Å². The Morgan fingerprint density at radius 3 is 3.00 bits per heavy atom. The van der Waals surface area contributed by atoms with E-state index in [1.165, 1.54) is 11.1 Å². The standard InChI is InChI=1S/C11H14AsNO/c13-7-3-4-9-8-12-14-11-6-2-1-5-10(9)11/h1-2,5-6,8,12H,3-4,7,13H2. The summed E-state index contributed by atoms with van der Waals surface area (Å²) in [6.07, 6.45) is 2.15. The van der Waals surface area contributed by atoms with Gasteiger partial charge in [-0.1, -0.05) is 0 Å². The first kappa shape index (κ1) is 9.82. The molecule has 1 atom stereocenters. The van der Waals surface area contributed by atoms with Crippen molar-refractivity contribution in [2.45, 2.75) is 12.8 Å². The number of hydrogen-bond donors (Lipinski definition) is 1. The van der Waals surface area contributed by atoms with Crippen molar-refractivity contribution in [2.24, 2.45) is 5.73 Å². The average molecular weight is 251 g/mol. The number of hydrogen-bond acceptors (Lipinski definition) is 2. The summed E-state index contributed by atoms with van der Waals surface area (Å²) < 4.78 is 5.65. The molecule has 1 aliphatic rings. The van der Waals surface area contributed by atoms with E-state index < -0.39 is 0 Å². The first-order valence-corrected chi connectivity index (χ1v) is 6.89. The number of rotatable bonds is 3. The zero-order chi connectivity index (χ0) is 9.80. The van der Waals surface area contributed by atoms with Crippen LogP contribution < -0.4 is 9.46 Å². The van der Waals surface area contributed by atoms with Gasteiger partial charge >= 0.3 is 91.0 Å². The fourth-order valence-corrected chi connectivity index (χ4v) is 3.25. The van der Waals surface area contributed by atoms with Crippen molar-refractivity contribution in [3.05, 3.63) is 34.7 Å². The molecule has 1 unspecified atom stereocenters. The van der Waals surface area contributed by atoms with Crippen molar-refractivity contribution in [1.82, 2.24) is 0 Å². The van der Waals surface area contributed by atoms with Crippen LogP contribution >= 0.6 is 0 Å². The van der Waals surface area contributed by atoms with Crippen LogP contribution in [-0.4, -0.2) is 22.6 Å². The van der Waals surface area contributed by atoms with Crippen molar-refractivity contribution in [1.29, 1.82) is 0 Å². The van der Waals surface area contributed by atoms with Gasteiger partial charge in [0.2, 0.25) is 0 Å². The van der Waals surface area contributed by atoms with E-state index in [2.05, 4.69) is 17.0 Å². The molecule has 0 saturated heterocycles. The molecule has 1 aliphatic heterocycles. The number of allylic oxidation sites excluding steroid dienone is 1. The minimum absolute atomic E-state index is 0.361. The third kappa shape index (κ3) is 2.02. The predicted molar refractivity (Wildman–Crippen MR) is 60.5 cm³/mol. The fourth-order valence-electron chi connectivity index (χ4n) is 1.56. The molecule has 0 aliphatic carbocycles. The molecule has 0 bridgehead atoms. The van der Waals surface area contributed by atoms with E-state index >= 15 is 0 Å². The van der Waals surface area contributed by atoms with E-state index in [-0.39, 0.29) is 16.1 Å². The molecule has 74 valence electrons. The van der Waals surface area contributed by atoms with Gasteiger partial charge in [-0.3, -0.25) is 0 Å². The molecule has 2 nitrogen and oxygen atoms in total. The van der Waals surface area contributed by atoms with Crippen molar-refractivity contribution in [3.8, 4) is 5.75 Å². The Bertz CT molecular complexity index is 349. The Hall–Kier alpha value is -0.722. The average Bonchev–Trinajstić information content (AvgIpc) is 2.26. The predicted octanol–water partition coefficient (Wildman–Crippen LogP) is 1.51. The molecular formula is C11H14AsNO. The second-order valence-corrected chi connectivity index (χ2v) is 4.81. The Morgan fingerprint density at radius 2 is 2.14 bits per heavy atom. The molecule has 3 heteroatoms. The van der Waals surface area contributed by atoms with Crippen LogP contribution in [0.1, 0.15) is 18.4 Å². The number of para-hydroxylation sites is 1. The number of fused-ring (bicyclic) bond motifs is 1. The first-order chi connectivity index (χ1) is 6.92. The van der Waals surface area contributed by atoms with E-state index in [9.17, 15) is 0 Å². The first-order valence-electron chi connectivity index (χ1n) is 4.82. The second kappa shape index (κ2) is 4.67. The van der Waals surface area contributed by atoms with Crippen LogP contribution in [0.4, 0.5) is 0 Å². The molecule has 1 aromatic rings. The van der Waals surface area contributed by atoms with Gasteiger partial charge in [0.15, 0.2) is 0 Å². The molecule has 0 fully saturated rings. The van der Waals surface area contributed by atoms with Crippen LogP contribution in [0, 0.1) is 0 Å². The van der Waals surface area contributed by atoms with E-state index in [1.54, 1.807) is 0 Å². The normalized spacial score (nSPS) is 15.9. The maximum absolute atomic E-state index is 5.65. The molecule has 2 rings (SSSR count). The van der Waals surface area contributed by atoms with Gasteiger partial charge in [0, 0.05) is 0 Å². The summed E-state index contributed by atoms with van der Waals surface area (Å²) in [7, 11) is 0. The van der Waals surface area contributed by atoms with E-state index in [4.69, 9.17) is 9.46 Å². The van der Waals surface area contributed by atoms with E-state index in [1.807, 2.05) is 12.1 Å². The third-order valence-corrected chi connectivity index (χ3v) is 3.97. The zero-order valence-electron chi connectivity index (χ0n) is 7.99. The van der Waals surface area contributed by atoms with Gasteiger partial charge in [-0.2, -0.15) is 0 Å². The van der Waals surface area contributed by atoms with Gasteiger partial charge in [-0.05, 0) is 0 Å². The Labute approximate surface area is 91.2 Å². The van der Waals surface area contributed by atoms with Crippen LogP contribution in [-0.2, 0) is 0 Å². The van der Waals surface area contributed by atoms with Crippen molar-refractivity contribution < 1.29 is 3.73 Å². The zero-order valence-corrected chi connectivity index (χ0v) is 10.1. The Kier molecular flexibility index (Phi) is 3.28. The molecule has 0 spiro atoms. The quantitative estimate of drug-likeness (QED) is 0.826. The van der Waals surface area contributed by atoms with Gasteiger partial charge in [-0.25, -0.2) is 0 Å². The van der Waals surface area contributed by atoms with Gasteiger partial charge in [0.25, 0.3) is 0 Å². The minimum atomic E-state index is -0.361. The molecule has 1 aromatic carbocycles. The number of nitrogens with two attached hydrogens (primary N) is 1. The SMILES string of the molecule is NCCCC1=C[AsH]Oc2ccccc21. The fraction of sp³-hybridized carbons (Fsp3) is 0.273. The number of benzene rings is 1. The van der Waals surface area contributed by atoms with Crippen LogP contribution in [0.5, 0.6) is 5.75 Å². The molecule has 1 heterocycles. The Morgan fingerprint density at radius 1 is 1.29 bits per heavy atom.